The van der Waals surface area contributed by atoms with Crippen molar-refractivity contribution in [3.63, 3.8) is 0 Å². The average Bonchev–Trinajstić information content (AvgIpc) is 2.38. The smallest absolute Gasteiger partial charge is 0.0273 e. The summed E-state index contributed by atoms with van der Waals surface area (Å²) in [7, 11) is 0. The highest BCUT2D eigenvalue weighted by atomic mass is 14.6. The van der Waals surface area contributed by atoms with Gasteiger partial charge in [-0.05, 0) is 47.2 Å². The van der Waals surface area contributed by atoms with Crippen LogP contribution in [0.5, 0.6) is 0 Å². The molecular formula is C15H17N. The summed E-state index contributed by atoms with van der Waals surface area (Å²) in [6, 6.07) is 10.8. The molecule has 0 aliphatic heterocycles. The number of hydrogen-bond acceptors (Lipinski definition) is 1. The van der Waals surface area contributed by atoms with Gasteiger partial charge in [-0.25, -0.2) is 0 Å². The van der Waals surface area contributed by atoms with E-state index in [-0.39, 0.29) is 0 Å². The molecule has 0 saturated carbocycles. The Morgan fingerprint density at radius 1 is 0.875 bits per heavy atom. The summed E-state index contributed by atoms with van der Waals surface area (Å²) in [4.78, 5) is 4.08. The SMILES string of the molecule is CCc1cccc(CC)c1-c1ccncc1. The van der Waals surface area contributed by atoms with Gasteiger partial charge < -0.3 is 0 Å². The zero-order valence-corrected chi connectivity index (χ0v) is 9.90. The van der Waals surface area contributed by atoms with E-state index in [2.05, 4.69) is 49.2 Å². The van der Waals surface area contributed by atoms with Gasteiger partial charge in [0.05, 0.1) is 0 Å². The predicted octanol–water partition coefficient (Wildman–Crippen LogP) is 3.87. The molecule has 0 radical (unpaired) electrons. The van der Waals surface area contributed by atoms with Crippen molar-refractivity contribution in [2.45, 2.75) is 26.7 Å². The molecule has 0 aliphatic rings. The highest BCUT2D eigenvalue weighted by Gasteiger charge is 2.07. The molecule has 1 heterocycles. The van der Waals surface area contributed by atoms with Crippen molar-refractivity contribution >= 4 is 0 Å². The zero-order chi connectivity index (χ0) is 11.4. The number of pyridine rings is 1. The van der Waals surface area contributed by atoms with Crippen molar-refractivity contribution in [3.05, 3.63) is 53.9 Å². The molecule has 0 saturated heterocycles. The van der Waals surface area contributed by atoms with Crippen LogP contribution in [0, 0.1) is 0 Å². The fraction of sp³-hybridized carbons (Fsp3) is 0.267. The molecule has 0 atom stereocenters. The summed E-state index contributed by atoms with van der Waals surface area (Å²) in [6.45, 7) is 4.42. The molecule has 16 heavy (non-hydrogen) atoms. The van der Waals surface area contributed by atoms with E-state index in [0.717, 1.165) is 12.8 Å². The lowest BCUT2D eigenvalue weighted by Crippen LogP contribution is -1.94. The minimum absolute atomic E-state index is 1.07. The lowest BCUT2D eigenvalue weighted by atomic mass is 9.92. The summed E-state index contributed by atoms with van der Waals surface area (Å²) < 4.78 is 0. The molecule has 0 aliphatic carbocycles. The number of rotatable bonds is 3. The van der Waals surface area contributed by atoms with E-state index in [4.69, 9.17) is 0 Å². The molecule has 82 valence electrons. The summed E-state index contributed by atoms with van der Waals surface area (Å²) >= 11 is 0. The maximum Gasteiger partial charge on any atom is 0.0273 e. The van der Waals surface area contributed by atoms with Crippen LogP contribution in [-0.2, 0) is 12.8 Å². The van der Waals surface area contributed by atoms with E-state index in [0.29, 0.717) is 0 Å². The van der Waals surface area contributed by atoms with Crippen molar-refractivity contribution in [2.24, 2.45) is 0 Å². The molecule has 0 bridgehead atoms. The van der Waals surface area contributed by atoms with Crippen LogP contribution in [0.2, 0.25) is 0 Å². The van der Waals surface area contributed by atoms with Crippen LogP contribution in [0.25, 0.3) is 11.1 Å². The van der Waals surface area contributed by atoms with E-state index in [1.165, 1.54) is 22.3 Å². The molecular weight excluding hydrogens is 194 g/mol. The fourth-order valence-electron chi connectivity index (χ4n) is 2.13. The fourth-order valence-corrected chi connectivity index (χ4v) is 2.13. The van der Waals surface area contributed by atoms with Gasteiger partial charge in [0.1, 0.15) is 0 Å². The van der Waals surface area contributed by atoms with Crippen molar-refractivity contribution < 1.29 is 0 Å². The Hall–Kier alpha value is -1.63. The second kappa shape index (κ2) is 4.93. The second-order valence-corrected chi connectivity index (χ2v) is 3.89. The molecule has 1 heteroatoms. The zero-order valence-electron chi connectivity index (χ0n) is 9.90. The summed E-state index contributed by atoms with van der Waals surface area (Å²) in [6.07, 6.45) is 5.87. The highest BCUT2D eigenvalue weighted by molar-refractivity contribution is 5.70. The van der Waals surface area contributed by atoms with Crippen LogP contribution < -0.4 is 0 Å². The predicted molar refractivity (Wildman–Crippen MR) is 68.4 cm³/mol. The molecule has 0 spiro atoms. The first-order chi connectivity index (χ1) is 7.86. The van der Waals surface area contributed by atoms with Crippen LogP contribution in [0.1, 0.15) is 25.0 Å². The average molecular weight is 211 g/mol. The third-order valence-electron chi connectivity index (χ3n) is 2.97. The lowest BCUT2D eigenvalue weighted by molar-refractivity contribution is 1.09. The Morgan fingerprint density at radius 3 is 1.94 bits per heavy atom. The Labute approximate surface area is 97.2 Å². The lowest BCUT2D eigenvalue weighted by Gasteiger charge is -2.12. The van der Waals surface area contributed by atoms with Gasteiger partial charge in [0.25, 0.3) is 0 Å². The van der Waals surface area contributed by atoms with Gasteiger partial charge >= 0.3 is 0 Å². The standard InChI is InChI=1S/C15H17N/c1-3-12-6-5-7-13(4-2)15(12)14-8-10-16-11-9-14/h5-11H,3-4H2,1-2H3. The molecule has 1 aromatic carbocycles. The van der Waals surface area contributed by atoms with Crippen molar-refractivity contribution in [1.29, 1.82) is 0 Å². The minimum Gasteiger partial charge on any atom is -0.265 e. The molecule has 1 aromatic heterocycles. The Bertz CT molecular complexity index is 438. The molecule has 0 amide bonds. The topological polar surface area (TPSA) is 12.9 Å². The first-order valence-electron chi connectivity index (χ1n) is 5.88. The van der Waals surface area contributed by atoms with Crippen LogP contribution in [0.3, 0.4) is 0 Å². The van der Waals surface area contributed by atoms with Crippen LogP contribution in [0.15, 0.2) is 42.7 Å². The van der Waals surface area contributed by atoms with Crippen molar-refractivity contribution in [3.8, 4) is 11.1 Å². The largest absolute Gasteiger partial charge is 0.265 e. The van der Waals surface area contributed by atoms with Gasteiger partial charge in [0.2, 0.25) is 0 Å². The van der Waals surface area contributed by atoms with Gasteiger partial charge in [0, 0.05) is 12.4 Å². The quantitative estimate of drug-likeness (QED) is 0.751. The minimum atomic E-state index is 1.07. The van der Waals surface area contributed by atoms with Crippen molar-refractivity contribution in [2.75, 3.05) is 0 Å². The molecule has 1 nitrogen and oxygen atoms in total. The maximum absolute atomic E-state index is 4.08. The molecule has 0 fully saturated rings. The van der Waals surface area contributed by atoms with Crippen molar-refractivity contribution in [1.82, 2.24) is 4.98 Å². The highest BCUT2D eigenvalue weighted by Crippen LogP contribution is 2.28. The number of aromatic nitrogens is 1. The van der Waals surface area contributed by atoms with Gasteiger partial charge in [-0.2, -0.15) is 0 Å². The van der Waals surface area contributed by atoms with Crippen LogP contribution in [-0.4, -0.2) is 4.98 Å². The van der Waals surface area contributed by atoms with Gasteiger partial charge in [-0.15, -0.1) is 0 Å². The van der Waals surface area contributed by atoms with Crippen LogP contribution in [0.4, 0.5) is 0 Å². The third-order valence-corrected chi connectivity index (χ3v) is 2.97. The Balaban J connectivity index is 2.62. The Morgan fingerprint density at radius 2 is 1.44 bits per heavy atom. The maximum atomic E-state index is 4.08. The monoisotopic (exact) mass is 211 g/mol. The van der Waals surface area contributed by atoms with Crippen LogP contribution >= 0.6 is 0 Å². The number of aryl methyl sites for hydroxylation is 2. The summed E-state index contributed by atoms with van der Waals surface area (Å²) in [5, 5.41) is 0. The normalized spacial score (nSPS) is 10.4. The van der Waals surface area contributed by atoms with E-state index in [1.807, 2.05) is 12.4 Å². The second-order valence-electron chi connectivity index (χ2n) is 3.89. The van der Waals surface area contributed by atoms with Gasteiger partial charge in [-0.3, -0.25) is 4.98 Å². The summed E-state index contributed by atoms with van der Waals surface area (Å²) in [5.74, 6) is 0. The van der Waals surface area contributed by atoms with E-state index in [9.17, 15) is 0 Å². The first-order valence-corrected chi connectivity index (χ1v) is 5.88. The molecule has 0 N–H and O–H groups in total. The number of benzene rings is 1. The molecule has 0 unspecified atom stereocenters. The number of hydrogen-bond donors (Lipinski definition) is 0. The van der Waals surface area contributed by atoms with Gasteiger partial charge in [-0.1, -0.05) is 32.0 Å². The van der Waals surface area contributed by atoms with Gasteiger partial charge in [0.15, 0.2) is 0 Å². The Kier molecular flexibility index (Phi) is 3.35. The van der Waals surface area contributed by atoms with E-state index < -0.39 is 0 Å². The van der Waals surface area contributed by atoms with E-state index in [1.54, 1.807) is 0 Å². The third kappa shape index (κ3) is 1.99. The first kappa shape index (κ1) is 10.9. The number of nitrogens with zero attached hydrogens (tertiary/aromatic N) is 1. The summed E-state index contributed by atoms with van der Waals surface area (Å²) in [5.41, 5.74) is 5.52. The molecule has 2 aromatic rings. The van der Waals surface area contributed by atoms with E-state index >= 15 is 0 Å². The molecule has 2 rings (SSSR count).